The molecule has 1 rings (SSSR count). The lowest BCUT2D eigenvalue weighted by atomic mass is 10.1. The molecule has 15 heavy (non-hydrogen) atoms. The van der Waals surface area contributed by atoms with E-state index >= 15 is 0 Å². The van der Waals surface area contributed by atoms with Gasteiger partial charge >= 0.3 is 0 Å². The lowest BCUT2D eigenvalue weighted by molar-refractivity contribution is 0.179. The quantitative estimate of drug-likeness (QED) is 0.782. The molecule has 2 atom stereocenters. The summed E-state index contributed by atoms with van der Waals surface area (Å²) in [5.74, 6) is 0. The van der Waals surface area contributed by atoms with Crippen LogP contribution in [0.5, 0.6) is 0 Å². The van der Waals surface area contributed by atoms with Crippen LogP contribution in [0.1, 0.15) is 25.8 Å². The van der Waals surface area contributed by atoms with Crippen molar-refractivity contribution in [3.05, 3.63) is 24.0 Å². The van der Waals surface area contributed by atoms with Crippen molar-refractivity contribution in [3.63, 3.8) is 0 Å². The number of hydrogen-bond acceptors (Lipinski definition) is 4. The van der Waals surface area contributed by atoms with Crippen molar-refractivity contribution in [2.75, 3.05) is 5.32 Å². The predicted molar refractivity (Wildman–Crippen MR) is 58.3 cm³/mol. The minimum absolute atomic E-state index is 0.112. The summed E-state index contributed by atoms with van der Waals surface area (Å²) in [6, 6.07) is 3.87. The molecule has 0 aromatic carbocycles. The highest BCUT2D eigenvalue weighted by Gasteiger charge is 2.08. The molecular weight excluding hydrogens is 190 g/mol. The van der Waals surface area contributed by atoms with Crippen LogP contribution in [0.15, 0.2) is 18.5 Å². The summed E-state index contributed by atoms with van der Waals surface area (Å²) < 4.78 is 0. The first kappa shape index (κ1) is 11.5. The lowest BCUT2D eigenvalue weighted by Crippen LogP contribution is -2.21. The summed E-state index contributed by atoms with van der Waals surface area (Å²) in [5, 5.41) is 21.2. The van der Waals surface area contributed by atoms with Crippen molar-refractivity contribution < 1.29 is 5.11 Å². The molecule has 0 saturated heterocycles. The number of aliphatic hydroxyl groups excluding tert-OH is 1. The van der Waals surface area contributed by atoms with Gasteiger partial charge in [-0.2, -0.15) is 5.26 Å². The highest BCUT2D eigenvalue weighted by molar-refractivity contribution is 5.55. The van der Waals surface area contributed by atoms with Crippen molar-refractivity contribution in [1.82, 2.24) is 4.98 Å². The van der Waals surface area contributed by atoms with Crippen molar-refractivity contribution >= 4 is 5.69 Å². The molecule has 2 unspecified atom stereocenters. The first-order chi connectivity index (χ1) is 7.13. The summed E-state index contributed by atoms with van der Waals surface area (Å²) in [4.78, 5) is 3.95. The first-order valence-electron chi connectivity index (χ1n) is 4.92. The van der Waals surface area contributed by atoms with Gasteiger partial charge in [0.05, 0.1) is 23.6 Å². The fraction of sp³-hybridized carbons (Fsp3) is 0.455. The molecule has 0 aliphatic rings. The Morgan fingerprint density at radius 1 is 1.60 bits per heavy atom. The van der Waals surface area contributed by atoms with E-state index in [4.69, 9.17) is 5.26 Å². The second kappa shape index (κ2) is 5.32. The molecule has 0 spiro atoms. The van der Waals surface area contributed by atoms with Crippen molar-refractivity contribution in [3.8, 4) is 6.07 Å². The van der Waals surface area contributed by atoms with Gasteiger partial charge < -0.3 is 10.4 Å². The van der Waals surface area contributed by atoms with Gasteiger partial charge in [0, 0.05) is 12.2 Å². The molecule has 1 heterocycles. The van der Waals surface area contributed by atoms with E-state index in [0.29, 0.717) is 17.7 Å². The van der Waals surface area contributed by atoms with E-state index in [1.54, 1.807) is 25.4 Å². The number of nitrogens with one attached hydrogen (secondary N) is 1. The van der Waals surface area contributed by atoms with Crippen LogP contribution in [0.25, 0.3) is 0 Å². The Morgan fingerprint density at radius 2 is 2.33 bits per heavy atom. The summed E-state index contributed by atoms with van der Waals surface area (Å²) in [6.45, 7) is 3.70. The highest BCUT2D eigenvalue weighted by atomic mass is 16.3. The van der Waals surface area contributed by atoms with Gasteiger partial charge in [0.25, 0.3) is 0 Å². The summed E-state index contributed by atoms with van der Waals surface area (Å²) in [7, 11) is 0. The van der Waals surface area contributed by atoms with Gasteiger partial charge in [0.1, 0.15) is 6.07 Å². The van der Waals surface area contributed by atoms with E-state index in [-0.39, 0.29) is 12.1 Å². The minimum Gasteiger partial charge on any atom is -0.393 e. The number of anilines is 1. The van der Waals surface area contributed by atoms with Gasteiger partial charge in [-0.25, -0.2) is 0 Å². The van der Waals surface area contributed by atoms with Crippen LogP contribution in [-0.2, 0) is 0 Å². The third-order valence-electron chi connectivity index (χ3n) is 2.04. The monoisotopic (exact) mass is 205 g/mol. The van der Waals surface area contributed by atoms with E-state index in [0.717, 1.165) is 0 Å². The summed E-state index contributed by atoms with van der Waals surface area (Å²) in [5.41, 5.74) is 1.29. The zero-order valence-electron chi connectivity index (χ0n) is 8.94. The maximum absolute atomic E-state index is 9.21. The lowest BCUT2D eigenvalue weighted by Gasteiger charge is -2.16. The van der Waals surface area contributed by atoms with Gasteiger partial charge in [-0.3, -0.25) is 4.98 Å². The molecule has 2 N–H and O–H groups in total. The molecule has 80 valence electrons. The van der Waals surface area contributed by atoms with Crippen LogP contribution in [0.2, 0.25) is 0 Å². The molecule has 1 aromatic heterocycles. The van der Waals surface area contributed by atoms with Gasteiger partial charge in [0.15, 0.2) is 0 Å². The largest absolute Gasteiger partial charge is 0.393 e. The average molecular weight is 205 g/mol. The average Bonchev–Trinajstić information content (AvgIpc) is 2.17. The van der Waals surface area contributed by atoms with Crippen LogP contribution in [0, 0.1) is 11.3 Å². The van der Waals surface area contributed by atoms with Crippen molar-refractivity contribution in [2.45, 2.75) is 32.4 Å². The summed E-state index contributed by atoms with van der Waals surface area (Å²) in [6.07, 6.45) is 3.50. The number of nitriles is 1. The molecule has 4 nitrogen and oxygen atoms in total. The predicted octanol–water partition coefficient (Wildman–Crippen LogP) is 1.52. The molecule has 0 aliphatic carbocycles. The topological polar surface area (TPSA) is 68.9 Å². The Hall–Kier alpha value is -1.60. The van der Waals surface area contributed by atoms with Crippen LogP contribution >= 0.6 is 0 Å². The van der Waals surface area contributed by atoms with E-state index in [2.05, 4.69) is 16.4 Å². The smallest absolute Gasteiger partial charge is 0.101 e. The van der Waals surface area contributed by atoms with Crippen molar-refractivity contribution in [1.29, 1.82) is 5.26 Å². The number of aromatic nitrogens is 1. The third kappa shape index (κ3) is 3.56. The third-order valence-corrected chi connectivity index (χ3v) is 2.04. The van der Waals surface area contributed by atoms with Crippen molar-refractivity contribution in [2.24, 2.45) is 0 Å². The zero-order valence-corrected chi connectivity index (χ0v) is 8.94. The number of nitrogens with zero attached hydrogens (tertiary/aromatic N) is 2. The number of rotatable bonds is 4. The number of aliphatic hydroxyl groups is 1. The second-order valence-corrected chi connectivity index (χ2v) is 3.66. The SMILES string of the molecule is CC(O)CC(C)Nc1cnccc1C#N. The van der Waals surface area contributed by atoms with Crippen LogP contribution in [-0.4, -0.2) is 22.2 Å². The maximum Gasteiger partial charge on any atom is 0.101 e. The Labute approximate surface area is 89.6 Å². The zero-order chi connectivity index (χ0) is 11.3. The van der Waals surface area contributed by atoms with Crippen LogP contribution < -0.4 is 5.32 Å². The Morgan fingerprint density at radius 3 is 2.93 bits per heavy atom. The summed E-state index contributed by atoms with van der Waals surface area (Å²) >= 11 is 0. The fourth-order valence-electron chi connectivity index (χ4n) is 1.44. The maximum atomic E-state index is 9.21. The Bertz CT molecular complexity index is 357. The van der Waals surface area contributed by atoms with Gasteiger partial charge in [-0.1, -0.05) is 0 Å². The highest BCUT2D eigenvalue weighted by Crippen LogP contribution is 2.14. The van der Waals surface area contributed by atoms with Gasteiger partial charge in [-0.15, -0.1) is 0 Å². The van der Waals surface area contributed by atoms with E-state index < -0.39 is 0 Å². The van der Waals surface area contributed by atoms with Crippen LogP contribution in [0.3, 0.4) is 0 Å². The van der Waals surface area contributed by atoms with Gasteiger partial charge in [-0.05, 0) is 26.3 Å². The standard InChI is InChI=1S/C11H15N3O/c1-8(5-9(2)15)14-11-7-13-4-3-10(11)6-12/h3-4,7-9,14-15H,5H2,1-2H3. The van der Waals surface area contributed by atoms with Gasteiger partial charge in [0.2, 0.25) is 0 Å². The molecule has 0 radical (unpaired) electrons. The molecule has 0 bridgehead atoms. The van der Waals surface area contributed by atoms with E-state index in [1.165, 1.54) is 0 Å². The minimum atomic E-state index is -0.352. The number of pyridine rings is 1. The molecule has 0 aliphatic heterocycles. The molecular formula is C11H15N3O. The normalized spacial score (nSPS) is 14.0. The number of hydrogen-bond donors (Lipinski definition) is 2. The first-order valence-corrected chi connectivity index (χ1v) is 4.92. The van der Waals surface area contributed by atoms with E-state index in [1.807, 2.05) is 6.92 Å². The second-order valence-electron chi connectivity index (χ2n) is 3.66. The van der Waals surface area contributed by atoms with E-state index in [9.17, 15) is 5.11 Å². The molecule has 4 heteroatoms. The Kier molecular flexibility index (Phi) is 4.07. The molecule has 0 amide bonds. The van der Waals surface area contributed by atoms with Crippen LogP contribution in [0.4, 0.5) is 5.69 Å². The Balaban J connectivity index is 2.68. The molecule has 1 aromatic rings. The fourth-order valence-corrected chi connectivity index (χ4v) is 1.44. The molecule has 0 saturated carbocycles. The molecule has 0 fully saturated rings.